The normalized spacial score (nSPS) is 10.4. The standard InChI is InChI=1S/C23H19N3O3S/c27-23(18-6-3-7-20(11-18)28-13-17-5-4-10-24-12-17)26-21-8-1-2-9-22(21)29-14-19-15-30-16-25-19/h1-12,15-16H,13-14H2,(H,26,27). The number of carbonyl (C=O) groups is 1. The second kappa shape index (κ2) is 9.67. The molecule has 30 heavy (non-hydrogen) atoms. The van der Waals surface area contributed by atoms with E-state index in [4.69, 9.17) is 9.47 Å². The van der Waals surface area contributed by atoms with Crippen molar-refractivity contribution in [2.45, 2.75) is 13.2 Å². The van der Waals surface area contributed by atoms with Gasteiger partial charge in [-0.3, -0.25) is 9.78 Å². The van der Waals surface area contributed by atoms with Crippen molar-refractivity contribution < 1.29 is 14.3 Å². The number of carbonyl (C=O) groups excluding carboxylic acids is 1. The summed E-state index contributed by atoms with van der Waals surface area (Å²) in [7, 11) is 0. The zero-order chi connectivity index (χ0) is 20.6. The van der Waals surface area contributed by atoms with E-state index in [1.54, 1.807) is 42.2 Å². The molecule has 6 nitrogen and oxygen atoms in total. The summed E-state index contributed by atoms with van der Waals surface area (Å²) in [5.74, 6) is 0.953. The van der Waals surface area contributed by atoms with Crippen LogP contribution in [0.5, 0.6) is 11.5 Å². The van der Waals surface area contributed by atoms with Crippen LogP contribution >= 0.6 is 11.3 Å². The Bertz CT molecular complexity index is 1100. The Morgan fingerprint density at radius 2 is 1.93 bits per heavy atom. The highest BCUT2D eigenvalue weighted by Gasteiger charge is 2.11. The molecule has 7 heteroatoms. The van der Waals surface area contributed by atoms with E-state index in [2.05, 4.69) is 15.3 Å². The quantitative estimate of drug-likeness (QED) is 0.439. The molecule has 1 amide bonds. The van der Waals surface area contributed by atoms with Crippen LogP contribution < -0.4 is 14.8 Å². The molecule has 0 fully saturated rings. The number of hydrogen-bond donors (Lipinski definition) is 1. The molecule has 0 saturated carbocycles. The summed E-state index contributed by atoms with van der Waals surface area (Å²) < 4.78 is 11.6. The third kappa shape index (κ3) is 5.21. The number of pyridine rings is 1. The van der Waals surface area contributed by atoms with E-state index < -0.39 is 0 Å². The molecule has 1 N–H and O–H groups in total. The van der Waals surface area contributed by atoms with Gasteiger partial charge in [0.25, 0.3) is 5.91 Å². The highest BCUT2D eigenvalue weighted by atomic mass is 32.1. The minimum absolute atomic E-state index is 0.244. The van der Waals surface area contributed by atoms with Gasteiger partial charge in [0.1, 0.15) is 24.7 Å². The van der Waals surface area contributed by atoms with Crippen LogP contribution in [0.15, 0.2) is 83.9 Å². The zero-order valence-corrected chi connectivity index (χ0v) is 16.8. The third-order valence-electron chi connectivity index (χ3n) is 4.22. The number of nitrogens with one attached hydrogen (secondary N) is 1. The minimum Gasteiger partial charge on any atom is -0.489 e. The zero-order valence-electron chi connectivity index (χ0n) is 16.0. The summed E-state index contributed by atoms with van der Waals surface area (Å²) in [5.41, 5.74) is 4.65. The molecule has 2 heterocycles. The number of benzene rings is 2. The summed E-state index contributed by atoms with van der Waals surface area (Å²) in [5, 5.41) is 4.84. The van der Waals surface area contributed by atoms with Crippen molar-refractivity contribution in [1.82, 2.24) is 9.97 Å². The number of hydrogen-bond acceptors (Lipinski definition) is 6. The van der Waals surface area contributed by atoms with E-state index >= 15 is 0 Å². The fourth-order valence-electron chi connectivity index (χ4n) is 2.73. The predicted octanol–water partition coefficient (Wildman–Crippen LogP) is 4.95. The van der Waals surface area contributed by atoms with E-state index in [-0.39, 0.29) is 5.91 Å². The monoisotopic (exact) mass is 417 g/mol. The largest absolute Gasteiger partial charge is 0.489 e. The second-order valence-electron chi connectivity index (χ2n) is 6.40. The molecule has 0 spiro atoms. The lowest BCUT2D eigenvalue weighted by atomic mass is 10.2. The van der Waals surface area contributed by atoms with Gasteiger partial charge < -0.3 is 14.8 Å². The van der Waals surface area contributed by atoms with Crippen molar-refractivity contribution in [3.8, 4) is 11.5 Å². The van der Waals surface area contributed by atoms with Gasteiger partial charge in [0.2, 0.25) is 0 Å². The van der Waals surface area contributed by atoms with Gasteiger partial charge in [0.15, 0.2) is 0 Å². The van der Waals surface area contributed by atoms with Crippen molar-refractivity contribution in [3.05, 3.63) is 101 Å². The van der Waals surface area contributed by atoms with Gasteiger partial charge in [-0.25, -0.2) is 4.98 Å². The molecule has 150 valence electrons. The molecule has 0 aliphatic carbocycles. The number of thiazole rings is 1. The summed E-state index contributed by atoms with van der Waals surface area (Å²) >= 11 is 1.51. The van der Waals surface area contributed by atoms with Crippen LogP contribution in [-0.2, 0) is 13.2 Å². The Morgan fingerprint density at radius 3 is 2.77 bits per heavy atom. The Balaban J connectivity index is 1.41. The number of ether oxygens (including phenoxy) is 2. The molecule has 0 saturated heterocycles. The molecule has 0 aliphatic heterocycles. The summed E-state index contributed by atoms with van der Waals surface area (Å²) in [6.45, 7) is 0.722. The number of rotatable bonds is 8. The number of para-hydroxylation sites is 2. The first-order chi connectivity index (χ1) is 14.8. The maximum Gasteiger partial charge on any atom is 0.255 e. The maximum absolute atomic E-state index is 12.8. The number of nitrogens with zero attached hydrogens (tertiary/aromatic N) is 2. The molecule has 0 atom stereocenters. The molecule has 0 unspecified atom stereocenters. The van der Waals surface area contributed by atoms with Crippen LogP contribution in [0, 0.1) is 0 Å². The Kier molecular flexibility index (Phi) is 6.31. The molecule has 0 radical (unpaired) electrons. The van der Waals surface area contributed by atoms with E-state index in [0.29, 0.717) is 36.0 Å². The number of amides is 1. The predicted molar refractivity (Wildman–Crippen MR) is 116 cm³/mol. The third-order valence-corrected chi connectivity index (χ3v) is 4.85. The lowest BCUT2D eigenvalue weighted by molar-refractivity contribution is 0.102. The highest BCUT2D eigenvalue weighted by molar-refractivity contribution is 7.07. The van der Waals surface area contributed by atoms with Gasteiger partial charge in [-0.2, -0.15) is 0 Å². The molecular weight excluding hydrogens is 398 g/mol. The van der Waals surface area contributed by atoms with Crippen molar-refractivity contribution >= 4 is 22.9 Å². The van der Waals surface area contributed by atoms with Crippen molar-refractivity contribution in [1.29, 1.82) is 0 Å². The lowest BCUT2D eigenvalue weighted by Crippen LogP contribution is -2.13. The Labute approximate surface area is 178 Å². The molecular formula is C23H19N3O3S. The van der Waals surface area contributed by atoms with Gasteiger partial charge in [-0.15, -0.1) is 11.3 Å². The SMILES string of the molecule is O=C(Nc1ccccc1OCc1cscn1)c1cccc(OCc2cccnc2)c1. The van der Waals surface area contributed by atoms with Crippen LogP contribution in [-0.4, -0.2) is 15.9 Å². The first kappa shape index (κ1) is 19.6. The van der Waals surface area contributed by atoms with E-state index in [9.17, 15) is 4.79 Å². The summed E-state index contributed by atoms with van der Waals surface area (Å²) in [6.07, 6.45) is 3.46. The number of aromatic nitrogens is 2. The van der Waals surface area contributed by atoms with Crippen molar-refractivity contribution in [2.24, 2.45) is 0 Å². The van der Waals surface area contributed by atoms with Crippen LogP contribution in [0.25, 0.3) is 0 Å². The smallest absolute Gasteiger partial charge is 0.255 e. The number of anilines is 1. The van der Waals surface area contributed by atoms with Crippen molar-refractivity contribution in [2.75, 3.05) is 5.32 Å². The lowest BCUT2D eigenvalue weighted by Gasteiger charge is -2.12. The van der Waals surface area contributed by atoms with Gasteiger partial charge in [-0.05, 0) is 36.4 Å². The van der Waals surface area contributed by atoms with E-state index in [1.807, 2.05) is 41.8 Å². The van der Waals surface area contributed by atoms with Gasteiger partial charge in [-0.1, -0.05) is 24.3 Å². The Hall–Kier alpha value is -3.71. The van der Waals surface area contributed by atoms with Crippen LogP contribution in [0.2, 0.25) is 0 Å². The van der Waals surface area contributed by atoms with Gasteiger partial charge in [0.05, 0.1) is 16.9 Å². The first-order valence-electron chi connectivity index (χ1n) is 9.30. The van der Waals surface area contributed by atoms with Gasteiger partial charge >= 0.3 is 0 Å². The molecule has 4 aromatic rings. The molecule has 2 aromatic heterocycles. The average Bonchev–Trinajstić information content (AvgIpc) is 3.32. The van der Waals surface area contributed by atoms with Gasteiger partial charge in [0, 0.05) is 28.9 Å². The minimum atomic E-state index is -0.244. The van der Waals surface area contributed by atoms with Crippen LogP contribution in [0.3, 0.4) is 0 Å². The average molecular weight is 417 g/mol. The Morgan fingerprint density at radius 1 is 1.00 bits per heavy atom. The molecule has 4 rings (SSSR count). The fourth-order valence-corrected chi connectivity index (χ4v) is 3.27. The first-order valence-corrected chi connectivity index (χ1v) is 10.2. The molecule has 0 bridgehead atoms. The highest BCUT2D eigenvalue weighted by Crippen LogP contribution is 2.26. The van der Waals surface area contributed by atoms with Crippen LogP contribution in [0.1, 0.15) is 21.6 Å². The van der Waals surface area contributed by atoms with E-state index in [1.165, 1.54) is 11.3 Å². The molecule has 0 aliphatic rings. The fraction of sp³-hybridized carbons (Fsp3) is 0.0870. The summed E-state index contributed by atoms with van der Waals surface area (Å²) in [6, 6.07) is 18.2. The van der Waals surface area contributed by atoms with Crippen molar-refractivity contribution in [3.63, 3.8) is 0 Å². The maximum atomic E-state index is 12.8. The van der Waals surface area contributed by atoms with Crippen LogP contribution in [0.4, 0.5) is 5.69 Å². The molecule has 2 aromatic carbocycles. The summed E-state index contributed by atoms with van der Waals surface area (Å²) in [4.78, 5) is 21.1. The second-order valence-corrected chi connectivity index (χ2v) is 7.12. The topological polar surface area (TPSA) is 73.3 Å². The van der Waals surface area contributed by atoms with E-state index in [0.717, 1.165) is 11.3 Å².